The summed E-state index contributed by atoms with van der Waals surface area (Å²) in [5.41, 5.74) is 1.34. The Kier molecular flexibility index (Phi) is 3.61. The zero-order valence-electron chi connectivity index (χ0n) is 12.9. The number of hydrogen-bond donors (Lipinski definition) is 2. The number of aliphatic hydroxyl groups is 1. The number of para-hydroxylation sites is 2. The summed E-state index contributed by atoms with van der Waals surface area (Å²) in [6, 6.07) is 13.2. The summed E-state index contributed by atoms with van der Waals surface area (Å²) in [5, 5.41) is 12.5. The number of fused-ring (bicyclic) bond motifs is 3. The van der Waals surface area contributed by atoms with E-state index in [1.54, 1.807) is 29.2 Å². The molecule has 2 aromatic carbocycles. The molecule has 2 amide bonds. The van der Waals surface area contributed by atoms with E-state index in [0.29, 0.717) is 17.8 Å². The van der Waals surface area contributed by atoms with E-state index in [9.17, 15) is 14.3 Å². The summed E-state index contributed by atoms with van der Waals surface area (Å²) < 4.78 is 19.7. The fourth-order valence-corrected chi connectivity index (χ4v) is 3.52. The summed E-state index contributed by atoms with van der Waals surface area (Å²) in [6.07, 6.45) is -0.427. The minimum Gasteiger partial charge on any atom is -0.484 e. The minimum absolute atomic E-state index is 0.119. The maximum atomic E-state index is 14.0. The topological polar surface area (TPSA) is 61.8 Å². The lowest BCUT2D eigenvalue weighted by Gasteiger charge is -2.23. The van der Waals surface area contributed by atoms with Gasteiger partial charge in [-0.15, -0.1) is 0 Å². The molecule has 1 fully saturated rings. The van der Waals surface area contributed by atoms with Crippen LogP contribution in [-0.4, -0.2) is 35.3 Å². The maximum Gasteiger partial charge on any atom is 0.322 e. The zero-order chi connectivity index (χ0) is 16.7. The number of amides is 2. The van der Waals surface area contributed by atoms with Crippen LogP contribution in [0.5, 0.6) is 5.75 Å². The number of likely N-dealkylation sites (tertiary alicyclic amines) is 1. The minimum atomic E-state index is -0.443. The first kappa shape index (κ1) is 15.0. The first-order valence-corrected chi connectivity index (χ1v) is 7.87. The number of rotatable bonds is 2. The van der Waals surface area contributed by atoms with E-state index < -0.39 is 18.0 Å². The largest absolute Gasteiger partial charge is 0.484 e. The number of anilines is 1. The lowest BCUT2D eigenvalue weighted by atomic mass is 9.99. The van der Waals surface area contributed by atoms with E-state index >= 15 is 0 Å². The number of nitrogens with one attached hydrogen (secondary N) is 1. The van der Waals surface area contributed by atoms with E-state index in [4.69, 9.17) is 4.74 Å². The third-order valence-corrected chi connectivity index (χ3v) is 4.63. The fourth-order valence-electron chi connectivity index (χ4n) is 3.52. The van der Waals surface area contributed by atoms with Gasteiger partial charge in [-0.1, -0.05) is 30.3 Å². The van der Waals surface area contributed by atoms with E-state index in [0.717, 1.165) is 0 Å². The Balaban J connectivity index is 1.65. The van der Waals surface area contributed by atoms with Gasteiger partial charge >= 0.3 is 6.03 Å². The second kappa shape index (κ2) is 5.79. The van der Waals surface area contributed by atoms with Gasteiger partial charge in [0.1, 0.15) is 6.10 Å². The van der Waals surface area contributed by atoms with Crippen molar-refractivity contribution in [3.8, 4) is 5.75 Å². The number of aliphatic hydroxyl groups excluding tert-OH is 1. The van der Waals surface area contributed by atoms with Crippen LogP contribution in [0.15, 0.2) is 48.5 Å². The number of carbonyl (C=O) groups is 1. The Hall–Kier alpha value is -2.60. The Morgan fingerprint density at radius 2 is 2.04 bits per heavy atom. The van der Waals surface area contributed by atoms with E-state index in [1.807, 2.05) is 18.2 Å². The van der Waals surface area contributed by atoms with Crippen LogP contribution >= 0.6 is 0 Å². The predicted octanol–water partition coefficient (Wildman–Crippen LogP) is 2.78. The number of urea groups is 1. The summed E-state index contributed by atoms with van der Waals surface area (Å²) in [7, 11) is 0. The highest BCUT2D eigenvalue weighted by Crippen LogP contribution is 2.48. The van der Waals surface area contributed by atoms with Gasteiger partial charge in [-0.3, -0.25) is 0 Å². The van der Waals surface area contributed by atoms with Crippen molar-refractivity contribution in [1.29, 1.82) is 0 Å². The Morgan fingerprint density at radius 3 is 2.79 bits per heavy atom. The van der Waals surface area contributed by atoms with Gasteiger partial charge in [0, 0.05) is 23.7 Å². The van der Waals surface area contributed by atoms with Crippen molar-refractivity contribution in [1.82, 2.24) is 4.90 Å². The van der Waals surface area contributed by atoms with Crippen LogP contribution < -0.4 is 10.1 Å². The van der Waals surface area contributed by atoms with E-state index in [-0.39, 0.29) is 24.3 Å². The number of halogens is 1. The third-order valence-electron chi connectivity index (χ3n) is 4.63. The van der Waals surface area contributed by atoms with Crippen molar-refractivity contribution in [2.45, 2.75) is 12.1 Å². The maximum absolute atomic E-state index is 14.0. The molecule has 1 saturated heterocycles. The Bertz CT molecular complexity index is 768. The number of ether oxygens (including phenoxy) is 1. The lowest BCUT2D eigenvalue weighted by Crippen LogP contribution is -2.35. The zero-order valence-corrected chi connectivity index (χ0v) is 12.9. The van der Waals surface area contributed by atoms with Crippen LogP contribution in [-0.2, 0) is 0 Å². The van der Waals surface area contributed by atoms with Gasteiger partial charge in [-0.05, 0) is 18.2 Å². The number of benzene rings is 2. The molecule has 4 rings (SSSR count). The van der Waals surface area contributed by atoms with Crippen molar-refractivity contribution in [2.75, 3.05) is 18.5 Å². The van der Waals surface area contributed by atoms with Crippen LogP contribution in [0.2, 0.25) is 0 Å². The van der Waals surface area contributed by atoms with Gasteiger partial charge in [0.15, 0.2) is 11.6 Å². The van der Waals surface area contributed by atoms with Gasteiger partial charge in [-0.2, -0.15) is 0 Å². The molecule has 2 aromatic rings. The molecular weight excluding hydrogens is 311 g/mol. The van der Waals surface area contributed by atoms with Gasteiger partial charge in [0.2, 0.25) is 0 Å². The van der Waals surface area contributed by atoms with Crippen LogP contribution in [0.4, 0.5) is 14.9 Å². The summed E-state index contributed by atoms with van der Waals surface area (Å²) in [4.78, 5) is 14.3. The second-order valence-corrected chi connectivity index (χ2v) is 6.08. The molecule has 0 saturated carbocycles. The van der Waals surface area contributed by atoms with Crippen molar-refractivity contribution >= 4 is 11.7 Å². The van der Waals surface area contributed by atoms with Crippen molar-refractivity contribution in [3.63, 3.8) is 0 Å². The molecule has 124 valence electrons. The quantitative estimate of drug-likeness (QED) is 0.891. The molecule has 24 heavy (non-hydrogen) atoms. The average Bonchev–Trinajstić information content (AvgIpc) is 3.14. The molecule has 0 aromatic heterocycles. The third kappa shape index (κ3) is 2.30. The molecule has 0 unspecified atom stereocenters. The molecule has 0 bridgehead atoms. The molecule has 0 aliphatic carbocycles. The summed E-state index contributed by atoms with van der Waals surface area (Å²) in [5.74, 6) is -0.506. The molecule has 5 nitrogen and oxygen atoms in total. The SMILES string of the molecule is O=C(Nc1ccccc1)N1C[C@@H](CO)[C@@H]2Oc3c(F)cccc3[C@@H]21. The van der Waals surface area contributed by atoms with Crippen molar-refractivity contribution in [3.05, 3.63) is 59.9 Å². The molecule has 2 N–H and O–H groups in total. The van der Waals surface area contributed by atoms with Gasteiger partial charge in [-0.25, -0.2) is 9.18 Å². The molecule has 2 aliphatic rings. The van der Waals surface area contributed by atoms with Gasteiger partial charge in [0.05, 0.1) is 12.6 Å². The number of carbonyl (C=O) groups excluding carboxylic acids is 1. The number of nitrogens with zero attached hydrogens (tertiary/aromatic N) is 1. The molecule has 2 heterocycles. The van der Waals surface area contributed by atoms with Crippen molar-refractivity contribution < 1.29 is 19.0 Å². The standard InChI is InChI=1S/C18H17FN2O3/c19-14-8-4-7-13-15-16(24-17(13)14)11(10-22)9-21(15)18(23)20-12-5-2-1-3-6-12/h1-8,11,15-16,22H,9-10H2,(H,20,23)/t11-,15-,16-/m0/s1. The Labute approximate surface area is 138 Å². The summed E-state index contributed by atoms with van der Waals surface area (Å²) >= 11 is 0. The van der Waals surface area contributed by atoms with Crippen LogP contribution in [0, 0.1) is 11.7 Å². The second-order valence-electron chi connectivity index (χ2n) is 6.08. The molecule has 0 radical (unpaired) electrons. The van der Waals surface area contributed by atoms with Crippen LogP contribution in [0.25, 0.3) is 0 Å². The van der Waals surface area contributed by atoms with Gasteiger partial charge in [0.25, 0.3) is 0 Å². The monoisotopic (exact) mass is 328 g/mol. The highest BCUT2D eigenvalue weighted by Gasteiger charge is 2.51. The predicted molar refractivity (Wildman–Crippen MR) is 86.3 cm³/mol. The normalized spacial score (nSPS) is 24.2. The van der Waals surface area contributed by atoms with Crippen LogP contribution in [0.1, 0.15) is 11.6 Å². The fraction of sp³-hybridized carbons (Fsp3) is 0.278. The smallest absolute Gasteiger partial charge is 0.322 e. The summed E-state index contributed by atoms with van der Waals surface area (Å²) in [6.45, 7) is 0.242. The first-order chi connectivity index (χ1) is 11.7. The molecule has 3 atom stereocenters. The van der Waals surface area contributed by atoms with E-state index in [1.165, 1.54) is 6.07 Å². The number of hydrogen-bond acceptors (Lipinski definition) is 3. The van der Waals surface area contributed by atoms with Crippen molar-refractivity contribution in [2.24, 2.45) is 5.92 Å². The average molecular weight is 328 g/mol. The lowest BCUT2D eigenvalue weighted by molar-refractivity contribution is 0.117. The highest BCUT2D eigenvalue weighted by atomic mass is 19.1. The highest BCUT2D eigenvalue weighted by molar-refractivity contribution is 5.90. The van der Waals surface area contributed by atoms with Gasteiger partial charge < -0.3 is 20.1 Å². The molecule has 6 heteroatoms. The van der Waals surface area contributed by atoms with Crippen LogP contribution in [0.3, 0.4) is 0 Å². The molecular formula is C18H17FN2O3. The Morgan fingerprint density at radius 1 is 1.25 bits per heavy atom. The van der Waals surface area contributed by atoms with E-state index in [2.05, 4.69) is 5.32 Å². The molecule has 2 aliphatic heterocycles. The first-order valence-electron chi connectivity index (χ1n) is 7.87. The molecule has 0 spiro atoms.